The molecule has 0 aliphatic heterocycles. The van der Waals surface area contributed by atoms with E-state index in [0.717, 1.165) is 0 Å². The van der Waals surface area contributed by atoms with Gasteiger partial charge in [0.05, 0.1) is 6.42 Å². The summed E-state index contributed by atoms with van der Waals surface area (Å²) in [6.07, 6.45) is -0.619. The fourth-order valence-corrected chi connectivity index (χ4v) is 1.99. The van der Waals surface area contributed by atoms with Gasteiger partial charge in [-0.2, -0.15) is 0 Å². The van der Waals surface area contributed by atoms with Gasteiger partial charge >= 0.3 is 6.09 Å². The molecule has 0 saturated heterocycles. The van der Waals surface area contributed by atoms with E-state index < -0.39 is 29.5 Å². The third kappa shape index (κ3) is 9.00. The predicted octanol–water partition coefficient (Wildman–Crippen LogP) is 1.51. The third-order valence-corrected chi connectivity index (χ3v) is 3.13. The van der Waals surface area contributed by atoms with Gasteiger partial charge in [-0.1, -0.05) is 12.1 Å². The van der Waals surface area contributed by atoms with Crippen LogP contribution in [0.15, 0.2) is 24.3 Å². The summed E-state index contributed by atoms with van der Waals surface area (Å²) in [4.78, 5) is 35.2. The van der Waals surface area contributed by atoms with Gasteiger partial charge in [0, 0.05) is 13.1 Å². The number of hydrogen-bond donors (Lipinski definition) is 3. The van der Waals surface area contributed by atoms with E-state index in [9.17, 15) is 18.8 Å². The fraction of sp³-hybridized carbons (Fsp3) is 0.500. The molecule has 0 fully saturated rings. The quantitative estimate of drug-likeness (QED) is 0.637. The summed E-state index contributed by atoms with van der Waals surface area (Å²) >= 11 is 0. The maximum absolute atomic E-state index is 13.1. The molecule has 1 unspecified atom stereocenters. The number of hydrogen-bond acceptors (Lipinski definition) is 4. The average molecular weight is 367 g/mol. The Bertz CT molecular complexity index is 644. The van der Waals surface area contributed by atoms with E-state index in [1.165, 1.54) is 25.1 Å². The smallest absolute Gasteiger partial charge is 0.408 e. The van der Waals surface area contributed by atoms with Crippen LogP contribution in [-0.4, -0.2) is 42.6 Å². The molecule has 0 radical (unpaired) electrons. The van der Waals surface area contributed by atoms with Crippen molar-refractivity contribution in [1.29, 1.82) is 0 Å². The van der Waals surface area contributed by atoms with Crippen LogP contribution in [0.4, 0.5) is 9.18 Å². The molecule has 144 valence electrons. The third-order valence-electron chi connectivity index (χ3n) is 3.13. The molecular formula is C18H26FN3O4. The highest BCUT2D eigenvalue weighted by atomic mass is 19.1. The normalized spacial score (nSPS) is 12.0. The van der Waals surface area contributed by atoms with Crippen LogP contribution in [0.3, 0.4) is 0 Å². The zero-order valence-corrected chi connectivity index (χ0v) is 15.5. The maximum Gasteiger partial charge on any atom is 0.408 e. The zero-order valence-electron chi connectivity index (χ0n) is 15.5. The van der Waals surface area contributed by atoms with E-state index in [-0.39, 0.29) is 25.4 Å². The Morgan fingerprint density at radius 2 is 1.81 bits per heavy atom. The molecule has 1 aromatic carbocycles. The molecule has 0 aliphatic rings. The molecule has 7 nitrogen and oxygen atoms in total. The Morgan fingerprint density at radius 1 is 1.15 bits per heavy atom. The summed E-state index contributed by atoms with van der Waals surface area (Å²) in [6, 6.07) is 5.04. The van der Waals surface area contributed by atoms with Crippen LogP contribution in [0.1, 0.15) is 33.3 Å². The van der Waals surface area contributed by atoms with Crippen molar-refractivity contribution in [1.82, 2.24) is 16.0 Å². The van der Waals surface area contributed by atoms with Gasteiger partial charge < -0.3 is 20.7 Å². The van der Waals surface area contributed by atoms with E-state index in [1.807, 2.05) is 0 Å². The number of carbonyl (C=O) groups excluding carboxylic acids is 3. The number of nitrogens with one attached hydrogen (secondary N) is 3. The van der Waals surface area contributed by atoms with Gasteiger partial charge in [0.15, 0.2) is 0 Å². The molecule has 0 saturated carbocycles. The molecule has 26 heavy (non-hydrogen) atoms. The van der Waals surface area contributed by atoms with Crippen LogP contribution in [0.2, 0.25) is 0 Å². The summed E-state index contributed by atoms with van der Waals surface area (Å²) < 4.78 is 18.1. The summed E-state index contributed by atoms with van der Waals surface area (Å²) in [7, 11) is 0. The van der Waals surface area contributed by atoms with Crippen LogP contribution in [0.25, 0.3) is 0 Å². The summed E-state index contributed by atoms with van der Waals surface area (Å²) in [6.45, 7) is 7.13. The second kappa shape index (κ2) is 9.74. The lowest BCUT2D eigenvalue weighted by Crippen LogP contribution is -2.47. The monoisotopic (exact) mass is 367 g/mol. The number of benzene rings is 1. The Hall–Kier alpha value is -2.64. The van der Waals surface area contributed by atoms with Crippen LogP contribution < -0.4 is 16.0 Å². The second-order valence-electron chi connectivity index (χ2n) is 6.82. The van der Waals surface area contributed by atoms with E-state index in [4.69, 9.17) is 4.74 Å². The SMILES string of the molecule is CC(NC(=O)OC(C)(C)C)C(=O)NCCNC(=O)Cc1cccc(F)c1. The first-order valence-corrected chi connectivity index (χ1v) is 8.35. The van der Waals surface area contributed by atoms with Crippen molar-refractivity contribution in [3.8, 4) is 0 Å². The van der Waals surface area contributed by atoms with E-state index in [0.29, 0.717) is 5.56 Å². The van der Waals surface area contributed by atoms with Gasteiger partial charge in [-0.15, -0.1) is 0 Å². The minimum atomic E-state index is -0.771. The lowest BCUT2D eigenvalue weighted by molar-refractivity contribution is -0.123. The van der Waals surface area contributed by atoms with E-state index in [1.54, 1.807) is 26.8 Å². The molecule has 0 heterocycles. The Kier molecular flexibility index (Phi) is 8.02. The van der Waals surface area contributed by atoms with Crippen molar-refractivity contribution in [3.05, 3.63) is 35.6 Å². The molecule has 1 atom stereocenters. The van der Waals surface area contributed by atoms with Gasteiger partial charge in [0.1, 0.15) is 17.5 Å². The van der Waals surface area contributed by atoms with Crippen molar-refractivity contribution in [2.45, 2.75) is 45.8 Å². The van der Waals surface area contributed by atoms with Gasteiger partial charge in [0.2, 0.25) is 11.8 Å². The first kappa shape index (κ1) is 21.4. The molecule has 0 spiro atoms. The highest BCUT2D eigenvalue weighted by Gasteiger charge is 2.20. The van der Waals surface area contributed by atoms with E-state index in [2.05, 4.69) is 16.0 Å². The molecule has 3 N–H and O–H groups in total. The fourth-order valence-electron chi connectivity index (χ4n) is 1.99. The van der Waals surface area contributed by atoms with Crippen molar-refractivity contribution in [3.63, 3.8) is 0 Å². The highest BCUT2D eigenvalue weighted by molar-refractivity contribution is 5.85. The summed E-state index contributed by atoms with van der Waals surface area (Å²) in [5, 5.41) is 7.65. The number of amides is 3. The van der Waals surface area contributed by atoms with E-state index >= 15 is 0 Å². The topological polar surface area (TPSA) is 96.5 Å². The average Bonchev–Trinajstić information content (AvgIpc) is 2.49. The van der Waals surface area contributed by atoms with Crippen LogP contribution in [0.5, 0.6) is 0 Å². The number of carbonyl (C=O) groups is 3. The second-order valence-corrected chi connectivity index (χ2v) is 6.82. The largest absolute Gasteiger partial charge is 0.444 e. The number of alkyl carbamates (subject to hydrolysis) is 1. The maximum atomic E-state index is 13.1. The van der Waals surface area contributed by atoms with Crippen molar-refractivity contribution < 1.29 is 23.5 Å². The minimum absolute atomic E-state index is 0.0578. The Balaban J connectivity index is 2.24. The van der Waals surface area contributed by atoms with Gasteiger partial charge in [-0.3, -0.25) is 9.59 Å². The first-order chi connectivity index (χ1) is 12.1. The summed E-state index contributed by atoms with van der Waals surface area (Å²) in [5.74, 6) is -1.06. The van der Waals surface area contributed by atoms with Crippen LogP contribution >= 0.6 is 0 Å². The molecule has 0 aromatic heterocycles. The Morgan fingerprint density at radius 3 is 2.42 bits per heavy atom. The molecular weight excluding hydrogens is 341 g/mol. The van der Waals surface area contributed by atoms with Gasteiger partial charge in [-0.05, 0) is 45.4 Å². The van der Waals surface area contributed by atoms with Gasteiger partial charge in [-0.25, -0.2) is 9.18 Å². The predicted molar refractivity (Wildman–Crippen MR) is 95.0 cm³/mol. The summed E-state index contributed by atoms with van der Waals surface area (Å²) in [5.41, 5.74) is -0.0756. The standard InChI is InChI=1S/C18H26FN3O4/c1-12(22-17(25)26-18(2,3)4)16(24)21-9-8-20-15(23)11-13-6-5-7-14(19)10-13/h5-7,10,12H,8-9,11H2,1-4H3,(H,20,23)(H,21,24)(H,22,25). The molecule has 1 aromatic rings. The molecule has 3 amide bonds. The zero-order chi connectivity index (χ0) is 19.7. The Labute approximate surface area is 152 Å². The molecule has 0 bridgehead atoms. The van der Waals surface area contributed by atoms with Crippen LogP contribution in [-0.2, 0) is 20.7 Å². The van der Waals surface area contributed by atoms with Crippen LogP contribution in [0, 0.1) is 5.82 Å². The minimum Gasteiger partial charge on any atom is -0.444 e. The molecule has 0 aliphatic carbocycles. The molecule has 8 heteroatoms. The lowest BCUT2D eigenvalue weighted by Gasteiger charge is -2.21. The van der Waals surface area contributed by atoms with Crippen molar-refractivity contribution in [2.75, 3.05) is 13.1 Å². The lowest BCUT2D eigenvalue weighted by atomic mass is 10.1. The van der Waals surface area contributed by atoms with Crippen molar-refractivity contribution >= 4 is 17.9 Å². The molecule has 1 rings (SSSR count). The number of halogens is 1. The number of rotatable bonds is 7. The number of ether oxygens (including phenoxy) is 1. The highest BCUT2D eigenvalue weighted by Crippen LogP contribution is 2.06. The van der Waals surface area contributed by atoms with Crippen molar-refractivity contribution in [2.24, 2.45) is 0 Å². The van der Waals surface area contributed by atoms with Gasteiger partial charge in [0.25, 0.3) is 0 Å². The first-order valence-electron chi connectivity index (χ1n) is 8.35.